The fourth-order valence-electron chi connectivity index (χ4n) is 4.71. The Bertz CT molecular complexity index is 1280. The number of carbonyl (C=O) groups is 1. The van der Waals surface area contributed by atoms with Crippen LogP contribution in [0.2, 0.25) is 0 Å². The summed E-state index contributed by atoms with van der Waals surface area (Å²) in [5, 5.41) is 2.83. The predicted molar refractivity (Wildman–Crippen MR) is 141 cm³/mol. The Labute approximate surface area is 217 Å². The Morgan fingerprint density at radius 1 is 1.00 bits per heavy atom. The molecule has 1 aliphatic carbocycles. The Kier molecular flexibility index (Phi) is 6.64. The first-order valence-electron chi connectivity index (χ1n) is 12.4. The molecule has 0 radical (unpaired) electrons. The molecule has 2 aliphatic rings. The van der Waals surface area contributed by atoms with E-state index in [1.807, 2.05) is 52.0 Å². The second-order valence-corrected chi connectivity index (χ2v) is 10.4. The molecule has 5 rings (SSSR count). The number of alkyl carbamates (subject to hydrolysis) is 1. The van der Waals surface area contributed by atoms with Crippen molar-refractivity contribution in [3.05, 3.63) is 95.0 Å². The minimum Gasteiger partial charge on any atom is -0.449 e. The van der Waals surface area contributed by atoms with Gasteiger partial charge in [0, 0.05) is 18.7 Å². The summed E-state index contributed by atoms with van der Waals surface area (Å²) in [6, 6.07) is 19.3. The topological polar surface area (TPSA) is 69.7 Å². The smallest absolute Gasteiger partial charge is 0.449 e. The fraction of sp³-hybridized carbons (Fsp3) is 0.310. The summed E-state index contributed by atoms with van der Waals surface area (Å²) in [5.41, 5.74) is 4.87. The minimum absolute atomic E-state index is 0.0263. The van der Waals surface area contributed by atoms with Gasteiger partial charge in [0.25, 0.3) is 0 Å². The van der Waals surface area contributed by atoms with E-state index in [1.165, 1.54) is 23.4 Å². The second kappa shape index (κ2) is 9.76. The molecular formula is C29H30BFN2O4. The molecule has 1 fully saturated rings. The highest BCUT2D eigenvalue weighted by molar-refractivity contribution is 6.56. The van der Waals surface area contributed by atoms with Gasteiger partial charge in [-0.15, -0.1) is 0 Å². The molecule has 0 saturated carbocycles. The van der Waals surface area contributed by atoms with Crippen molar-refractivity contribution in [2.75, 3.05) is 13.2 Å². The number of hydrogen-bond donors (Lipinski definition) is 1. The second-order valence-electron chi connectivity index (χ2n) is 10.4. The third-order valence-electron chi connectivity index (χ3n) is 7.44. The number of nitrogens with zero attached hydrogens (tertiary/aromatic N) is 1. The molecule has 8 heteroatoms. The van der Waals surface area contributed by atoms with Crippen LogP contribution in [0.25, 0.3) is 17.2 Å². The first-order valence-corrected chi connectivity index (χ1v) is 12.4. The van der Waals surface area contributed by atoms with E-state index >= 15 is 0 Å². The fourth-order valence-corrected chi connectivity index (χ4v) is 4.71. The Balaban J connectivity index is 1.29. The van der Waals surface area contributed by atoms with E-state index in [9.17, 15) is 9.18 Å². The number of pyridine rings is 1. The van der Waals surface area contributed by atoms with Crippen molar-refractivity contribution in [3.63, 3.8) is 0 Å². The maximum absolute atomic E-state index is 13.3. The number of rotatable bonds is 6. The Hall–Kier alpha value is -3.49. The van der Waals surface area contributed by atoms with E-state index in [1.54, 1.807) is 12.1 Å². The summed E-state index contributed by atoms with van der Waals surface area (Å²) in [7, 11) is -0.691. The molecule has 0 bridgehead atoms. The van der Waals surface area contributed by atoms with Crippen molar-refractivity contribution in [2.24, 2.45) is 0 Å². The number of halogens is 1. The van der Waals surface area contributed by atoms with Crippen LogP contribution in [0, 0.1) is 5.95 Å². The SMILES string of the molecule is CC1(C)OB(C(=Cc2ccc(F)nc2)CNC(=O)OCC2c3ccccc3-c3ccccc32)OC1(C)C. The number of amides is 1. The zero-order valence-corrected chi connectivity index (χ0v) is 21.5. The molecule has 1 aliphatic heterocycles. The normalized spacial score (nSPS) is 17.9. The van der Waals surface area contributed by atoms with E-state index in [4.69, 9.17) is 14.0 Å². The highest BCUT2D eigenvalue weighted by Gasteiger charge is 2.52. The van der Waals surface area contributed by atoms with Crippen LogP contribution in [0.3, 0.4) is 0 Å². The van der Waals surface area contributed by atoms with Gasteiger partial charge in [-0.2, -0.15) is 4.39 Å². The minimum atomic E-state index is -0.691. The molecule has 3 aromatic rings. The average molecular weight is 500 g/mol. The van der Waals surface area contributed by atoms with Crippen molar-refractivity contribution < 1.29 is 23.2 Å². The molecule has 190 valence electrons. The average Bonchev–Trinajstić information content (AvgIpc) is 3.30. The summed E-state index contributed by atoms with van der Waals surface area (Å²) in [5.74, 6) is -0.590. The predicted octanol–water partition coefficient (Wildman–Crippen LogP) is 5.77. The third kappa shape index (κ3) is 5.04. The van der Waals surface area contributed by atoms with Crippen molar-refractivity contribution in [2.45, 2.75) is 44.8 Å². The zero-order valence-electron chi connectivity index (χ0n) is 21.5. The summed E-state index contributed by atoms with van der Waals surface area (Å²) < 4.78 is 31.4. The van der Waals surface area contributed by atoms with Crippen LogP contribution in [0.5, 0.6) is 0 Å². The quantitative estimate of drug-likeness (QED) is 0.344. The number of hydrogen-bond acceptors (Lipinski definition) is 5. The van der Waals surface area contributed by atoms with Gasteiger partial charge in [-0.05, 0) is 73.1 Å². The molecule has 6 nitrogen and oxygen atoms in total. The summed E-state index contributed by atoms with van der Waals surface area (Å²) >= 11 is 0. The molecule has 37 heavy (non-hydrogen) atoms. The molecule has 2 aromatic carbocycles. The standard InChI is InChI=1S/C29H30BFN2O4/c1-28(2)29(3,4)37-30(36-28)20(15-19-13-14-26(31)32-16-19)17-33-27(34)35-18-25-23-11-7-5-9-21(23)22-10-6-8-12-24(22)25/h5-16,25H,17-18H2,1-4H3,(H,33,34). The number of nitrogens with one attached hydrogen (secondary N) is 1. The van der Waals surface area contributed by atoms with Crippen LogP contribution in [0.4, 0.5) is 9.18 Å². The van der Waals surface area contributed by atoms with Gasteiger partial charge in [-0.3, -0.25) is 0 Å². The molecule has 1 N–H and O–H groups in total. The van der Waals surface area contributed by atoms with Gasteiger partial charge in [0.05, 0.1) is 11.2 Å². The lowest BCUT2D eigenvalue weighted by Gasteiger charge is -2.32. The molecular weight excluding hydrogens is 470 g/mol. The molecule has 1 saturated heterocycles. The van der Waals surface area contributed by atoms with Gasteiger partial charge >= 0.3 is 13.2 Å². The molecule has 0 atom stereocenters. The van der Waals surface area contributed by atoms with E-state index in [2.05, 4.69) is 34.6 Å². The first kappa shape index (κ1) is 25.2. The van der Waals surface area contributed by atoms with Gasteiger partial charge in [0.2, 0.25) is 5.95 Å². The lowest BCUT2D eigenvalue weighted by Crippen LogP contribution is -2.41. The van der Waals surface area contributed by atoms with Crippen molar-refractivity contribution in [1.29, 1.82) is 0 Å². The number of fused-ring (bicyclic) bond motifs is 3. The number of benzene rings is 2. The molecule has 1 amide bonds. The van der Waals surface area contributed by atoms with Crippen LogP contribution >= 0.6 is 0 Å². The molecule has 2 heterocycles. The third-order valence-corrected chi connectivity index (χ3v) is 7.44. The van der Waals surface area contributed by atoms with E-state index < -0.39 is 30.4 Å². The van der Waals surface area contributed by atoms with Crippen LogP contribution in [0.1, 0.15) is 50.3 Å². The molecule has 0 spiro atoms. The van der Waals surface area contributed by atoms with Crippen LogP contribution in [-0.2, 0) is 14.0 Å². The van der Waals surface area contributed by atoms with E-state index in [-0.39, 0.29) is 19.1 Å². The Morgan fingerprint density at radius 2 is 1.59 bits per heavy atom. The highest BCUT2D eigenvalue weighted by Crippen LogP contribution is 2.44. The largest absolute Gasteiger partial charge is 0.492 e. The van der Waals surface area contributed by atoms with Crippen LogP contribution in [0.15, 0.2) is 72.3 Å². The Morgan fingerprint density at radius 3 is 2.16 bits per heavy atom. The lowest BCUT2D eigenvalue weighted by molar-refractivity contribution is 0.00578. The van der Waals surface area contributed by atoms with Crippen molar-refractivity contribution in [3.8, 4) is 11.1 Å². The van der Waals surface area contributed by atoms with Gasteiger partial charge < -0.3 is 19.4 Å². The monoisotopic (exact) mass is 500 g/mol. The molecule has 1 aromatic heterocycles. The number of carbonyl (C=O) groups excluding carboxylic acids is 1. The van der Waals surface area contributed by atoms with E-state index in [0.29, 0.717) is 11.0 Å². The highest BCUT2D eigenvalue weighted by atomic mass is 19.1. The number of aromatic nitrogens is 1. The van der Waals surface area contributed by atoms with Crippen molar-refractivity contribution in [1.82, 2.24) is 10.3 Å². The van der Waals surface area contributed by atoms with Crippen LogP contribution < -0.4 is 5.32 Å². The zero-order chi connectivity index (χ0) is 26.2. The first-order chi connectivity index (χ1) is 17.6. The van der Waals surface area contributed by atoms with Gasteiger partial charge in [-0.25, -0.2) is 9.78 Å². The molecule has 0 unspecified atom stereocenters. The van der Waals surface area contributed by atoms with Gasteiger partial charge in [-0.1, -0.05) is 54.6 Å². The number of ether oxygens (including phenoxy) is 1. The maximum Gasteiger partial charge on any atom is 0.492 e. The summed E-state index contributed by atoms with van der Waals surface area (Å²) in [6.07, 6.45) is 2.67. The lowest BCUT2D eigenvalue weighted by atomic mass is 9.77. The van der Waals surface area contributed by atoms with Crippen LogP contribution in [-0.4, -0.2) is 42.5 Å². The van der Waals surface area contributed by atoms with Gasteiger partial charge in [0.15, 0.2) is 0 Å². The maximum atomic E-state index is 13.3. The van der Waals surface area contributed by atoms with Crippen molar-refractivity contribution >= 4 is 19.3 Å². The summed E-state index contributed by atoms with van der Waals surface area (Å²) in [4.78, 5) is 16.5. The summed E-state index contributed by atoms with van der Waals surface area (Å²) in [6.45, 7) is 8.19. The van der Waals surface area contributed by atoms with E-state index in [0.717, 1.165) is 11.1 Å². The van der Waals surface area contributed by atoms with Gasteiger partial charge in [0.1, 0.15) is 6.61 Å².